The number of aromatic amines is 1. The van der Waals surface area contributed by atoms with Gasteiger partial charge in [-0.1, -0.05) is 30.0 Å². The van der Waals surface area contributed by atoms with Crippen LogP contribution < -0.4 is 4.74 Å². The standard InChI is InChI=1S/C15H13BrN2OS/c1-19-14-7-6-10(8-11(14)16)9-20-15-17-12-4-2-3-5-13(12)18-15/h2-8H,9H2,1H3,(H,17,18). The van der Waals surface area contributed by atoms with E-state index in [2.05, 4.69) is 38.0 Å². The van der Waals surface area contributed by atoms with Crippen LogP contribution in [0.25, 0.3) is 11.0 Å². The van der Waals surface area contributed by atoms with Crippen molar-refractivity contribution in [2.45, 2.75) is 10.9 Å². The molecule has 0 atom stereocenters. The molecule has 0 bridgehead atoms. The number of hydrogen-bond donors (Lipinski definition) is 1. The minimum atomic E-state index is 0.850. The first-order chi connectivity index (χ1) is 9.76. The van der Waals surface area contributed by atoms with E-state index in [9.17, 15) is 0 Å². The highest BCUT2D eigenvalue weighted by Crippen LogP contribution is 2.29. The summed E-state index contributed by atoms with van der Waals surface area (Å²) in [5.41, 5.74) is 3.31. The molecule has 102 valence electrons. The number of ether oxygens (including phenoxy) is 1. The number of benzene rings is 2. The van der Waals surface area contributed by atoms with Crippen LogP contribution in [-0.4, -0.2) is 17.1 Å². The fourth-order valence-electron chi connectivity index (χ4n) is 1.95. The van der Waals surface area contributed by atoms with Crippen LogP contribution in [-0.2, 0) is 5.75 Å². The van der Waals surface area contributed by atoms with Gasteiger partial charge in [-0.2, -0.15) is 0 Å². The molecule has 0 radical (unpaired) electrons. The summed E-state index contributed by atoms with van der Waals surface area (Å²) in [6.07, 6.45) is 0. The number of halogens is 1. The Balaban J connectivity index is 1.74. The second kappa shape index (κ2) is 5.89. The van der Waals surface area contributed by atoms with Crippen LogP contribution in [0.5, 0.6) is 5.75 Å². The van der Waals surface area contributed by atoms with Crippen LogP contribution in [0.4, 0.5) is 0 Å². The van der Waals surface area contributed by atoms with E-state index in [-0.39, 0.29) is 0 Å². The number of H-pyrrole nitrogens is 1. The first-order valence-electron chi connectivity index (χ1n) is 6.16. The number of nitrogens with zero attached hydrogens (tertiary/aromatic N) is 1. The quantitative estimate of drug-likeness (QED) is 0.698. The molecule has 5 heteroatoms. The van der Waals surface area contributed by atoms with Gasteiger partial charge in [0.05, 0.1) is 22.6 Å². The van der Waals surface area contributed by atoms with E-state index in [1.165, 1.54) is 5.56 Å². The summed E-state index contributed by atoms with van der Waals surface area (Å²) in [5, 5.41) is 0.943. The molecule has 0 saturated heterocycles. The number of methoxy groups -OCH3 is 1. The molecule has 0 spiro atoms. The Morgan fingerprint density at radius 2 is 2.10 bits per heavy atom. The number of imidazole rings is 1. The van der Waals surface area contributed by atoms with Crippen molar-refractivity contribution >= 4 is 38.7 Å². The van der Waals surface area contributed by atoms with E-state index in [0.717, 1.165) is 32.2 Å². The Kier molecular flexibility index (Phi) is 3.98. The van der Waals surface area contributed by atoms with Gasteiger partial charge in [-0.15, -0.1) is 0 Å². The molecule has 0 amide bonds. The van der Waals surface area contributed by atoms with Crippen molar-refractivity contribution < 1.29 is 4.74 Å². The van der Waals surface area contributed by atoms with E-state index >= 15 is 0 Å². The number of aromatic nitrogens is 2. The Bertz CT molecular complexity index is 709. The minimum absolute atomic E-state index is 0.850. The van der Waals surface area contributed by atoms with Crippen molar-refractivity contribution in [2.75, 3.05) is 7.11 Å². The molecule has 0 unspecified atom stereocenters. The van der Waals surface area contributed by atoms with Crippen molar-refractivity contribution in [3.63, 3.8) is 0 Å². The molecule has 1 heterocycles. The number of fused-ring (bicyclic) bond motifs is 1. The van der Waals surface area contributed by atoms with Gasteiger partial charge in [-0.25, -0.2) is 4.98 Å². The first-order valence-corrected chi connectivity index (χ1v) is 7.94. The Labute approximate surface area is 129 Å². The van der Waals surface area contributed by atoms with Gasteiger partial charge in [0.15, 0.2) is 5.16 Å². The molecular weight excluding hydrogens is 336 g/mol. The topological polar surface area (TPSA) is 37.9 Å². The maximum absolute atomic E-state index is 5.23. The van der Waals surface area contributed by atoms with Crippen LogP contribution in [0.15, 0.2) is 52.1 Å². The highest BCUT2D eigenvalue weighted by atomic mass is 79.9. The molecule has 0 aliphatic carbocycles. The largest absolute Gasteiger partial charge is 0.496 e. The van der Waals surface area contributed by atoms with Crippen LogP contribution in [0, 0.1) is 0 Å². The lowest BCUT2D eigenvalue weighted by molar-refractivity contribution is 0.412. The lowest BCUT2D eigenvalue weighted by Gasteiger charge is -2.05. The molecule has 0 saturated carbocycles. The molecule has 3 nitrogen and oxygen atoms in total. The Hall–Kier alpha value is -1.46. The van der Waals surface area contributed by atoms with Gasteiger partial charge < -0.3 is 9.72 Å². The lowest BCUT2D eigenvalue weighted by Crippen LogP contribution is -1.87. The molecule has 0 fully saturated rings. The van der Waals surface area contributed by atoms with Crippen molar-refractivity contribution in [2.24, 2.45) is 0 Å². The first kappa shape index (κ1) is 13.5. The normalized spacial score (nSPS) is 10.9. The van der Waals surface area contributed by atoms with Crippen molar-refractivity contribution in [1.29, 1.82) is 0 Å². The van der Waals surface area contributed by atoms with E-state index < -0.39 is 0 Å². The maximum Gasteiger partial charge on any atom is 0.166 e. The van der Waals surface area contributed by atoms with Crippen LogP contribution >= 0.6 is 27.7 Å². The number of para-hydroxylation sites is 2. The fraction of sp³-hybridized carbons (Fsp3) is 0.133. The van der Waals surface area contributed by atoms with Crippen LogP contribution in [0.2, 0.25) is 0 Å². The average Bonchev–Trinajstić information content (AvgIpc) is 2.88. The summed E-state index contributed by atoms with van der Waals surface area (Å²) in [6, 6.07) is 14.2. The Morgan fingerprint density at radius 1 is 1.25 bits per heavy atom. The van der Waals surface area contributed by atoms with Crippen molar-refractivity contribution in [3.05, 3.63) is 52.5 Å². The lowest BCUT2D eigenvalue weighted by atomic mass is 10.2. The van der Waals surface area contributed by atoms with E-state index in [1.54, 1.807) is 18.9 Å². The zero-order valence-corrected chi connectivity index (χ0v) is 13.3. The zero-order chi connectivity index (χ0) is 13.9. The smallest absolute Gasteiger partial charge is 0.166 e. The molecule has 0 aliphatic heterocycles. The third-order valence-corrected chi connectivity index (χ3v) is 4.52. The Morgan fingerprint density at radius 3 is 2.85 bits per heavy atom. The molecule has 1 aromatic heterocycles. The van der Waals surface area contributed by atoms with Crippen molar-refractivity contribution in [1.82, 2.24) is 9.97 Å². The summed E-state index contributed by atoms with van der Waals surface area (Å²) in [7, 11) is 1.67. The minimum Gasteiger partial charge on any atom is -0.496 e. The summed E-state index contributed by atoms with van der Waals surface area (Å²) >= 11 is 5.20. The highest BCUT2D eigenvalue weighted by Gasteiger charge is 2.05. The average molecular weight is 349 g/mol. The third-order valence-electron chi connectivity index (χ3n) is 2.96. The molecule has 3 aromatic rings. The summed E-state index contributed by atoms with van der Waals surface area (Å²) < 4.78 is 6.21. The van der Waals surface area contributed by atoms with Gasteiger partial charge in [0, 0.05) is 5.75 Å². The van der Waals surface area contributed by atoms with Gasteiger partial charge in [-0.05, 0) is 45.8 Å². The highest BCUT2D eigenvalue weighted by molar-refractivity contribution is 9.10. The third kappa shape index (κ3) is 2.83. The molecule has 20 heavy (non-hydrogen) atoms. The van der Waals surface area contributed by atoms with Crippen LogP contribution in [0.3, 0.4) is 0 Å². The fourth-order valence-corrected chi connectivity index (χ4v) is 3.37. The van der Waals surface area contributed by atoms with E-state index in [1.807, 2.05) is 30.3 Å². The number of rotatable bonds is 4. The molecule has 1 N–H and O–H groups in total. The number of thioether (sulfide) groups is 1. The SMILES string of the molecule is COc1ccc(CSc2nc3ccccc3[nH]2)cc1Br. The number of nitrogens with one attached hydrogen (secondary N) is 1. The second-order valence-electron chi connectivity index (χ2n) is 4.32. The van der Waals surface area contributed by atoms with Crippen LogP contribution in [0.1, 0.15) is 5.56 Å². The van der Waals surface area contributed by atoms with E-state index in [4.69, 9.17) is 4.74 Å². The molecule has 2 aromatic carbocycles. The molecular formula is C15H13BrN2OS. The van der Waals surface area contributed by atoms with Gasteiger partial charge >= 0.3 is 0 Å². The van der Waals surface area contributed by atoms with Crippen molar-refractivity contribution in [3.8, 4) is 5.75 Å². The second-order valence-corrected chi connectivity index (χ2v) is 6.14. The van der Waals surface area contributed by atoms with Gasteiger partial charge in [0.2, 0.25) is 0 Å². The van der Waals surface area contributed by atoms with Gasteiger partial charge in [0.25, 0.3) is 0 Å². The van der Waals surface area contributed by atoms with E-state index in [0.29, 0.717) is 0 Å². The predicted molar refractivity (Wildman–Crippen MR) is 86.3 cm³/mol. The maximum atomic E-state index is 5.23. The summed E-state index contributed by atoms with van der Waals surface area (Å²) in [4.78, 5) is 7.87. The summed E-state index contributed by atoms with van der Waals surface area (Å²) in [5.74, 6) is 1.71. The molecule has 3 rings (SSSR count). The van der Waals surface area contributed by atoms with Gasteiger partial charge in [-0.3, -0.25) is 0 Å². The summed E-state index contributed by atoms with van der Waals surface area (Å²) in [6.45, 7) is 0. The van der Waals surface area contributed by atoms with Gasteiger partial charge in [0.1, 0.15) is 5.75 Å². The zero-order valence-electron chi connectivity index (χ0n) is 10.9. The predicted octanol–water partition coefficient (Wildman–Crippen LogP) is 4.63. The monoisotopic (exact) mass is 348 g/mol. The molecule has 0 aliphatic rings. The number of hydrogen-bond acceptors (Lipinski definition) is 3.